The number of hydrogen-bond acceptors (Lipinski definition) is 2. The smallest absolute Gasteiger partial charge is 0.244 e. The number of aromatic nitrogens is 2. The Hall–Kier alpha value is -1.88. The Kier molecular flexibility index (Phi) is 4.74. The van der Waals surface area contributed by atoms with E-state index in [4.69, 9.17) is 0 Å². The van der Waals surface area contributed by atoms with Gasteiger partial charge in [0.25, 0.3) is 0 Å². The fourth-order valence-electron chi connectivity index (χ4n) is 1.73. The van der Waals surface area contributed by atoms with Gasteiger partial charge >= 0.3 is 0 Å². The Morgan fingerprint density at radius 1 is 1.45 bits per heavy atom. The third-order valence-corrected chi connectivity index (χ3v) is 3.64. The maximum Gasteiger partial charge on any atom is 0.244 e. The number of benzene rings is 1. The number of carbonyl (C=O) groups is 1. The molecule has 1 amide bonds. The molecular weight excluding hydrogens is 318 g/mol. The molecule has 2 rings (SSSR count). The summed E-state index contributed by atoms with van der Waals surface area (Å²) in [5, 5.41) is 9.58. The van der Waals surface area contributed by atoms with Gasteiger partial charge in [-0.2, -0.15) is 5.10 Å². The maximum atomic E-state index is 11.8. The second-order valence-corrected chi connectivity index (χ2v) is 5.45. The number of aryl methyl sites for hydroxylation is 2. The molecule has 0 aliphatic rings. The predicted molar refractivity (Wildman–Crippen MR) is 83.1 cm³/mol. The molecule has 104 valence electrons. The number of amides is 1. The van der Waals surface area contributed by atoms with E-state index in [0.29, 0.717) is 6.54 Å². The molecule has 0 unspecified atom stereocenters. The van der Waals surface area contributed by atoms with Crippen LogP contribution in [0.3, 0.4) is 0 Å². The van der Waals surface area contributed by atoms with Crippen LogP contribution in [0.25, 0.3) is 6.08 Å². The first-order valence-electron chi connectivity index (χ1n) is 6.27. The molecule has 0 fully saturated rings. The van der Waals surface area contributed by atoms with Gasteiger partial charge in [0.15, 0.2) is 0 Å². The average molecular weight is 334 g/mol. The van der Waals surface area contributed by atoms with Crippen molar-refractivity contribution in [2.75, 3.05) is 0 Å². The molecular formula is C15H16BrN3O. The van der Waals surface area contributed by atoms with Crippen molar-refractivity contribution in [3.05, 3.63) is 57.3 Å². The highest BCUT2D eigenvalue weighted by Crippen LogP contribution is 2.19. The third-order valence-electron chi connectivity index (χ3n) is 2.96. The van der Waals surface area contributed by atoms with Crippen LogP contribution in [-0.4, -0.2) is 16.1 Å². The molecule has 1 heterocycles. The second-order valence-electron chi connectivity index (χ2n) is 4.60. The molecule has 0 saturated heterocycles. The van der Waals surface area contributed by atoms with E-state index in [0.717, 1.165) is 21.3 Å². The number of rotatable bonds is 4. The largest absolute Gasteiger partial charge is 0.348 e. The van der Waals surface area contributed by atoms with Gasteiger partial charge in [0.2, 0.25) is 5.91 Å². The molecule has 0 aliphatic carbocycles. The summed E-state index contributed by atoms with van der Waals surface area (Å²) in [5.41, 5.74) is 4.11. The Morgan fingerprint density at radius 3 is 2.90 bits per heavy atom. The summed E-state index contributed by atoms with van der Waals surface area (Å²) in [5.74, 6) is -0.127. The van der Waals surface area contributed by atoms with Crippen molar-refractivity contribution in [1.82, 2.24) is 15.5 Å². The lowest BCUT2D eigenvalue weighted by Crippen LogP contribution is -2.20. The van der Waals surface area contributed by atoms with Crippen LogP contribution >= 0.6 is 15.9 Å². The van der Waals surface area contributed by atoms with Gasteiger partial charge in [-0.3, -0.25) is 9.89 Å². The summed E-state index contributed by atoms with van der Waals surface area (Å²) in [6, 6.07) is 6.01. The van der Waals surface area contributed by atoms with Crippen molar-refractivity contribution in [1.29, 1.82) is 0 Å². The Balaban J connectivity index is 1.94. The average Bonchev–Trinajstić information content (AvgIpc) is 2.81. The van der Waals surface area contributed by atoms with Crippen LogP contribution in [0.2, 0.25) is 0 Å². The highest BCUT2D eigenvalue weighted by molar-refractivity contribution is 9.10. The molecule has 20 heavy (non-hydrogen) atoms. The molecule has 0 radical (unpaired) electrons. The molecule has 0 saturated carbocycles. The minimum Gasteiger partial charge on any atom is -0.348 e. The van der Waals surface area contributed by atoms with Crippen molar-refractivity contribution < 1.29 is 4.79 Å². The summed E-state index contributed by atoms with van der Waals surface area (Å²) in [6.45, 7) is 4.42. The third kappa shape index (κ3) is 3.81. The highest BCUT2D eigenvalue weighted by Gasteiger charge is 2.02. The van der Waals surface area contributed by atoms with Crippen molar-refractivity contribution in [3.63, 3.8) is 0 Å². The standard InChI is InChI=1S/C15H16BrN3O/c1-10-3-4-12(14(16)7-10)5-6-15(20)17-8-13-9-18-19-11(13)2/h3-7,9H,8H2,1-2H3,(H,17,20)(H,18,19)/b6-5+. The van der Waals surface area contributed by atoms with Crippen LogP contribution in [0, 0.1) is 13.8 Å². The van der Waals surface area contributed by atoms with E-state index in [1.807, 2.05) is 32.0 Å². The van der Waals surface area contributed by atoms with E-state index in [1.54, 1.807) is 12.3 Å². The number of H-pyrrole nitrogens is 1. The lowest BCUT2D eigenvalue weighted by molar-refractivity contribution is -0.116. The normalized spacial score (nSPS) is 10.9. The molecule has 1 aromatic heterocycles. The van der Waals surface area contributed by atoms with Crippen LogP contribution in [0.1, 0.15) is 22.4 Å². The molecule has 1 aromatic carbocycles. The molecule has 2 aromatic rings. The molecule has 0 aliphatic heterocycles. The van der Waals surface area contributed by atoms with E-state index >= 15 is 0 Å². The quantitative estimate of drug-likeness (QED) is 0.844. The highest BCUT2D eigenvalue weighted by atomic mass is 79.9. The van der Waals surface area contributed by atoms with E-state index < -0.39 is 0 Å². The van der Waals surface area contributed by atoms with Gasteiger partial charge in [0.1, 0.15) is 0 Å². The van der Waals surface area contributed by atoms with Crippen LogP contribution < -0.4 is 5.32 Å². The lowest BCUT2D eigenvalue weighted by atomic mass is 10.1. The van der Waals surface area contributed by atoms with Crippen LogP contribution in [0.15, 0.2) is 34.9 Å². The Morgan fingerprint density at radius 2 is 2.25 bits per heavy atom. The van der Waals surface area contributed by atoms with Gasteiger partial charge in [-0.05, 0) is 37.1 Å². The number of nitrogens with zero attached hydrogens (tertiary/aromatic N) is 1. The van der Waals surface area contributed by atoms with Crippen molar-refractivity contribution >= 4 is 27.9 Å². The number of hydrogen-bond donors (Lipinski definition) is 2. The number of carbonyl (C=O) groups excluding carboxylic acids is 1. The Bertz CT molecular complexity index is 646. The number of nitrogens with one attached hydrogen (secondary N) is 2. The molecule has 2 N–H and O–H groups in total. The molecule has 0 bridgehead atoms. The molecule has 5 heteroatoms. The van der Waals surface area contributed by atoms with Crippen LogP contribution in [0.5, 0.6) is 0 Å². The molecule has 0 atom stereocenters. The maximum absolute atomic E-state index is 11.8. The number of aromatic amines is 1. The predicted octanol–water partition coefficient (Wildman–Crippen LogP) is 3.12. The first kappa shape index (κ1) is 14.5. The van der Waals surface area contributed by atoms with Gasteiger partial charge in [-0.15, -0.1) is 0 Å². The minimum absolute atomic E-state index is 0.127. The Labute approximate surface area is 126 Å². The van der Waals surface area contributed by atoms with Gasteiger partial charge in [0.05, 0.1) is 6.20 Å². The summed E-state index contributed by atoms with van der Waals surface area (Å²) in [6.07, 6.45) is 5.04. The number of halogens is 1. The lowest BCUT2D eigenvalue weighted by Gasteiger charge is -2.02. The van der Waals surface area contributed by atoms with Gasteiger partial charge in [-0.25, -0.2) is 0 Å². The van der Waals surface area contributed by atoms with Gasteiger partial charge in [-0.1, -0.05) is 28.1 Å². The SMILES string of the molecule is Cc1ccc(/C=C/C(=O)NCc2cn[nH]c2C)c(Br)c1. The van der Waals surface area contributed by atoms with Crippen molar-refractivity contribution in [2.45, 2.75) is 20.4 Å². The van der Waals surface area contributed by atoms with E-state index in [-0.39, 0.29) is 5.91 Å². The van der Waals surface area contributed by atoms with E-state index in [1.165, 1.54) is 11.6 Å². The second kappa shape index (κ2) is 6.52. The molecule has 0 spiro atoms. The fraction of sp³-hybridized carbons (Fsp3) is 0.200. The van der Waals surface area contributed by atoms with Crippen LogP contribution in [0.4, 0.5) is 0 Å². The van der Waals surface area contributed by atoms with Gasteiger partial charge < -0.3 is 5.32 Å². The topological polar surface area (TPSA) is 57.8 Å². The monoisotopic (exact) mass is 333 g/mol. The molecule has 4 nitrogen and oxygen atoms in total. The van der Waals surface area contributed by atoms with Crippen molar-refractivity contribution in [2.24, 2.45) is 0 Å². The van der Waals surface area contributed by atoms with Crippen LogP contribution in [-0.2, 0) is 11.3 Å². The summed E-state index contributed by atoms with van der Waals surface area (Å²) >= 11 is 3.48. The minimum atomic E-state index is -0.127. The van der Waals surface area contributed by atoms with Gasteiger partial charge in [0, 0.05) is 28.4 Å². The zero-order valence-electron chi connectivity index (χ0n) is 11.4. The first-order chi connectivity index (χ1) is 9.56. The zero-order valence-corrected chi connectivity index (χ0v) is 13.0. The summed E-state index contributed by atoms with van der Waals surface area (Å²) < 4.78 is 0.979. The first-order valence-corrected chi connectivity index (χ1v) is 7.06. The zero-order chi connectivity index (χ0) is 14.5. The fourth-order valence-corrected chi connectivity index (χ4v) is 2.35. The summed E-state index contributed by atoms with van der Waals surface area (Å²) in [7, 11) is 0. The van der Waals surface area contributed by atoms with E-state index in [2.05, 4.69) is 31.4 Å². The summed E-state index contributed by atoms with van der Waals surface area (Å²) in [4.78, 5) is 11.8. The van der Waals surface area contributed by atoms with Crippen molar-refractivity contribution in [3.8, 4) is 0 Å². The van der Waals surface area contributed by atoms with E-state index in [9.17, 15) is 4.79 Å².